The molecule has 0 aliphatic heterocycles. The number of fused-ring (bicyclic) bond motifs is 1. The summed E-state index contributed by atoms with van der Waals surface area (Å²) in [6.45, 7) is 0. The lowest BCUT2D eigenvalue weighted by Gasteiger charge is -2.13. The lowest BCUT2D eigenvalue weighted by molar-refractivity contribution is 0.395. The van der Waals surface area contributed by atoms with Gasteiger partial charge >= 0.3 is 0 Å². The van der Waals surface area contributed by atoms with Gasteiger partial charge in [-0.1, -0.05) is 54.6 Å². The van der Waals surface area contributed by atoms with Gasteiger partial charge in [0.25, 0.3) is 0 Å². The highest BCUT2D eigenvalue weighted by Gasteiger charge is 2.15. The Kier molecular flexibility index (Phi) is 5.44. The van der Waals surface area contributed by atoms with Crippen molar-refractivity contribution in [2.45, 2.75) is 0 Å². The quantitative estimate of drug-likeness (QED) is 0.316. The van der Waals surface area contributed by atoms with Crippen molar-refractivity contribution >= 4 is 33.1 Å². The predicted octanol–water partition coefficient (Wildman–Crippen LogP) is 6.79. The van der Waals surface area contributed by atoms with Crippen LogP contribution in [0.1, 0.15) is 0 Å². The maximum Gasteiger partial charge on any atom is 0.146 e. The second kappa shape index (κ2) is 8.69. The van der Waals surface area contributed by atoms with Crippen molar-refractivity contribution in [1.82, 2.24) is 9.97 Å². The number of rotatable bonds is 6. The van der Waals surface area contributed by atoms with Crippen LogP contribution in [-0.4, -0.2) is 24.2 Å². The number of benzene rings is 3. The molecule has 5 rings (SSSR count). The van der Waals surface area contributed by atoms with Gasteiger partial charge in [0.15, 0.2) is 0 Å². The highest BCUT2D eigenvalue weighted by molar-refractivity contribution is 7.17. The summed E-state index contributed by atoms with van der Waals surface area (Å²) >= 11 is 1.61. The van der Waals surface area contributed by atoms with Gasteiger partial charge in [-0.2, -0.15) is 0 Å². The molecule has 5 aromatic rings. The molecule has 0 bridgehead atoms. The lowest BCUT2D eigenvalue weighted by Crippen LogP contribution is -1.98. The number of methoxy groups -OCH3 is 2. The third-order valence-electron chi connectivity index (χ3n) is 5.34. The molecule has 2 aromatic heterocycles. The first kappa shape index (κ1) is 20.0. The van der Waals surface area contributed by atoms with E-state index in [1.54, 1.807) is 31.9 Å². The topological polar surface area (TPSA) is 56.3 Å². The van der Waals surface area contributed by atoms with Crippen LogP contribution in [0.3, 0.4) is 0 Å². The predicted molar refractivity (Wildman–Crippen MR) is 131 cm³/mol. The van der Waals surface area contributed by atoms with Gasteiger partial charge in [0.2, 0.25) is 0 Å². The van der Waals surface area contributed by atoms with Crippen LogP contribution in [0.5, 0.6) is 11.5 Å². The molecule has 1 N–H and O–H groups in total. The normalized spacial score (nSPS) is 10.8. The van der Waals surface area contributed by atoms with Crippen LogP contribution in [-0.2, 0) is 0 Å². The van der Waals surface area contributed by atoms with Gasteiger partial charge in [0.05, 0.1) is 25.3 Å². The molecule has 0 aliphatic rings. The van der Waals surface area contributed by atoms with E-state index in [-0.39, 0.29) is 0 Å². The third kappa shape index (κ3) is 3.76. The lowest BCUT2D eigenvalue weighted by atomic mass is 10.0. The average Bonchev–Trinajstić information content (AvgIpc) is 3.30. The highest BCUT2D eigenvalue weighted by atomic mass is 32.1. The Morgan fingerprint density at radius 2 is 1.53 bits per heavy atom. The summed E-state index contributed by atoms with van der Waals surface area (Å²) in [6.07, 6.45) is 1.58. The largest absolute Gasteiger partial charge is 0.497 e. The summed E-state index contributed by atoms with van der Waals surface area (Å²) in [4.78, 5) is 9.95. The summed E-state index contributed by atoms with van der Waals surface area (Å²) in [5, 5.41) is 6.55. The molecular weight excluding hydrogens is 418 g/mol. The van der Waals surface area contributed by atoms with Gasteiger partial charge in [-0.3, -0.25) is 0 Å². The monoisotopic (exact) mass is 439 g/mol. The van der Waals surface area contributed by atoms with Crippen LogP contribution in [0.15, 0.2) is 84.5 Å². The van der Waals surface area contributed by atoms with Crippen LogP contribution in [0.25, 0.3) is 32.5 Å². The third-order valence-corrected chi connectivity index (χ3v) is 6.22. The first-order chi connectivity index (χ1) is 15.8. The minimum absolute atomic E-state index is 0.681. The Balaban J connectivity index is 1.54. The second-order valence-electron chi connectivity index (χ2n) is 7.19. The molecular formula is C26H21N3O2S. The Hall–Kier alpha value is -3.90. The van der Waals surface area contributed by atoms with Gasteiger partial charge < -0.3 is 14.8 Å². The number of aromatic nitrogens is 2. The molecule has 0 spiro atoms. The molecule has 32 heavy (non-hydrogen) atoms. The van der Waals surface area contributed by atoms with E-state index in [0.29, 0.717) is 5.75 Å². The van der Waals surface area contributed by atoms with Gasteiger partial charge in [0.1, 0.15) is 28.5 Å². The zero-order valence-electron chi connectivity index (χ0n) is 17.7. The molecule has 0 unspecified atom stereocenters. The van der Waals surface area contributed by atoms with E-state index in [1.165, 1.54) is 11.1 Å². The van der Waals surface area contributed by atoms with Crippen LogP contribution in [0.2, 0.25) is 0 Å². The molecule has 5 nitrogen and oxygen atoms in total. The van der Waals surface area contributed by atoms with E-state index < -0.39 is 0 Å². The number of nitrogens with one attached hydrogen (secondary N) is 1. The first-order valence-electron chi connectivity index (χ1n) is 10.1. The van der Waals surface area contributed by atoms with E-state index in [0.717, 1.165) is 38.6 Å². The zero-order valence-corrected chi connectivity index (χ0v) is 18.5. The molecule has 0 aliphatic carbocycles. The summed E-state index contributed by atoms with van der Waals surface area (Å²) in [7, 11) is 3.27. The summed E-state index contributed by atoms with van der Waals surface area (Å²) in [5.74, 6) is 2.15. The fourth-order valence-electron chi connectivity index (χ4n) is 3.68. The van der Waals surface area contributed by atoms with Crippen LogP contribution in [0.4, 0.5) is 11.5 Å². The SMILES string of the molecule is COc1ccc(Nc2ncnc3scc(-c4ccc(-c5ccccc5)cc4)c23)c(OC)c1. The minimum Gasteiger partial charge on any atom is -0.497 e. The fourth-order valence-corrected chi connectivity index (χ4v) is 4.60. The van der Waals surface area contributed by atoms with E-state index in [2.05, 4.69) is 69.2 Å². The molecule has 3 aromatic carbocycles. The van der Waals surface area contributed by atoms with E-state index in [1.807, 2.05) is 24.3 Å². The molecule has 0 atom stereocenters. The summed E-state index contributed by atoms with van der Waals surface area (Å²) in [6, 6.07) is 24.6. The number of ether oxygens (including phenoxy) is 2. The van der Waals surface area contributed by atoms with Gasteiger partial charge in [0, 0.05) is 17.0 Å². The first-order valence-corrected chi connectivity index (χ1v) is 11.0. The number of anilines is 2. The zero-order chi connectivity index (χ0) is 21.9. The van der Waals surface area contributed by atoms with Crippen molar-refractivity contribution in [3.05, 3.63) is 84.5 Å². The molecule has 0 radical (unpaired) electrons. The minimum atomic E-state index is 0.681. The number of hydrogen-bond donors (Lipinski definition) is 1. The van der Waals surface area contributed by atoms with Crippen LogP contribution < -0.4 is 14.8 Å². The molecule has 0 saturated heterocycles. The number of thiophene rings is 1. The standard InChI is InChI=1S/C26H21N3O2S/c1-30-20-12-13-22(23(14-20)31-2)29-25-24-21(15-32-26(24)28-16-27-25)19-10-8-18(9-11-19)17-6-4-3-5-7-17/h3-16H,1-2H3,(H,27,28,29). The second-order valence-corrected chi connectivity index (χ2v) is 8.04. The maximum atomic E-state index is 5.54. The molecule has 0 fully saturated rings. The highest BCUT2D eigenvalue weighted by Crippen LogP contribution is 2.39. The Morgan fingerprint density at radius 1 is 0.781 bits per heavy atom. The Bertz CT molecular complexity index is 1370. The molecule has 0 saturated carbocycles. The van der Waals surface area contributed by atoms with Crippen molar-refractivity contribution in [2.75, 3.05) is 19.5 Å². The Labute approximate surface area is 190 Å². The van der Waals surface area contributed by atoms with E-state index >= 15 is 0 Å². The van der Waals surface area contributed by atoms with Crippen LogP contribution in [0, 0.1) is 0 Å². The molecule has 2 heterocycles. The number of nitrogens with zero attached hydrogens (tertiary/aromatic N) is 2. The average molecular weight is 440 g/mol. The number of hydrogen-bond acceptors (Lipinski definition) is 6. The summed E-state index contributed by atoms with van der Waals surface area (Å²) < 4.78 is 10.8. The maximum absolute atomic E-state index is 5.54. The van der Waals surface area contributed by atoms with E-state index in [4.69, 9.17) is 9.47 Å². The van der Waals surface area contributed by atoms with Crippen LogP contribution >= 0.6 is 11.3 Å². The molecule has 158 valence electrons. The van der Waals surface area contributed by atoms with Crippen molar-refractivity contribution < 1.29 is 9.47 Å². The van der Waals surface area contributed by atoms with E-state index in [9.17, 15) is 0 Å². The van der Waals surface area contributed by atoms with Gasteiger partial charge in [-0.15, -0.1) is 11.3 Å². The molecule has 0 amide bonds. The van der Waals surface area contributed by atoms with Crippen molar-refractivity contribution in [3.63, 3.8) is 0 Å². The smallest absolute Gasteiger partial charge is 0.146 e. The van der Waals surface area contributed by atoms with Crippen molar-refractivity contribution in [1.29, 1.82) is 0 Å². The summed E-state index contributed by atoms with van der Waals surface area (Å²) in [5.41, 5.74) is 5.42. The van der Waals surface area contributed by atoms with Gasteiger partial charge in [-0.05, 0) is 28.8 Å². The van der Waals surface area contributed by atoms with Crippen molar-refractivity contribution in [3.8, 4) is 33.8 Å². The Morgan fingerprint density at radius 3 is 2.28 bits per heavy atom. The van der Waals surface area contributed by atoms with Crippen molar-refractivity contribution in [2.24, 2.45) is 0 Å². The molecule has 6 heteroatoms. The van der Waals surface area contributed by atoms with Gasteiger partial charge in [-0.25, -0.2) is 9.97 Å². The fraction of sp³-hybridized carbons (Fsp3) is 0.0769.